The van der Waals surface area contributed by atoms with Crippen molar-refractivity contribution < 1.29 is 0 Å². The highest BCUT2D eigenvalue weighted by atomic mass is 79.9. The van der Waals surface area contributed by atoms with Gasteiger partial charge in [0.05, 0.1) is 0 Å². The lowest BCUT2D eigenvalue weighted by molar-refractivity contribution is 0.487. The predicted octanol–water partition coefficient (Wildman–Crippen LogP) is 4.22. The molecule has 0 saturated carbocycles. The first-order chi connectivity index (χ1) is 7.16. The molecule has 0 aliphatic carbocycles. The number of hydrogen-bond donors (Lipinski definition) is 1. The summed E-state index contributed by atoms with van der Waals surface area (Å²) in [7, 11) is 0. The second-order valence-corrected chi connectivity index (χ2v) is 5.63. The fourth-order valence-corrected chi connectivity index (χ4v) is 2.87. The lowest BCUT2D eigenvalue weighted by atomic mass is 9.93. The van der Waals surface area contributed by atoms with Crippen molar-refractivity contribution in [3.05, 3.63) is 28.2 Å². The van der Waals surface area contributed by atoms with Crippen LogP contribution in [-0.4, -0.2) is 6.04 Å². The van der Waals surface area contributed by atoms with Gasteiger partial charge < -0.3 is 5.32 Å². The summed E-state index contributed by atoms with van der Waals surface area (Å²) < 4.78 is 1.25. The van der Waals surface area contributed by atoms with E-state index in [4.69, 9.17) is 0 Å². The maximum absolute atomic E-state index is 3.64. The van der Waals surface area contributed by atoms with Crippen LogP contribution in [0.5, 0.6) is 0 Å². The molecule has 0 radical (unpaired) electrons. The van der Waals surface area contributed by atoms with E-state index in [2.05, 4.69) is 53.3 Å². The van der Waals surface area contributed by atoms with Crippen molar-refractivity contribution in [2.75, 3.05) is 5.32 Å². The second-order valence-electron chi connectivity index (χ2n) is 4.78. The zero-order valence-electron chi connectivity index (χ0n) is 9.39. The minimum atomic E-state index is 0.659. The molecule has 0 saturated heterocycles. The molecule has 1 aromatic rings. The van der Waals surface area contributed by atoms with E-state index in [0.717, 1.165) is 5.92 Å². The molecule has 1 nitrogen and oxygen atoms in total. The van der Waals surface area contributed by atoms with Gasteiger partial charge in [0.1, 0.15) is 0 Å². The molecule has 0 bridgehead atoms. The molecule has 0 fully saturated rings. The highest BCUT2D eigenvalue weighted by Crippen LogP contribution is 2.32. The summed E-state index contributed by atoms with van der Waals surface area (Å²) in [6.07, 6.45) is 3.72. The van der Waals surface area contributed by atoms with Gasteiger partial charge in [0.2, 0.25) is 0 Å². The van der Waals surface area contributed by atoms with Gasteiger partial charge in [0.25, 0.3) is 0 Å². The van der Waals surface area contributed by atoms with Crippen LogP contribution in [0.1, 0.15) is 32.3 Å². The van der Waals surface area contributed by atoms with Gasteiger partial charge in [0.15, 0.2) is 0 Å². The topological polar surface area (TPSA) is 12.0 Å². The molecule has 2 heteroatoms. The summed E-state index contributed by atoms with van der Waals surface area (Å²) in [5, 5.41) is 3.64. The van der Waals surface area contributed by atoms with Gasteiger partial charge in [-0.1, -0.05) is 35.8 Å². The van der Waals surface area contributed by atoms with Crippen molar-refractivity contribution in [1.29, 1.82) is 0 Å². The van der Waals surface area contributed by atoms with Crippen LogP contribution in [0.3, 0.4) is 0 Å². The number of halogens is 1. The molecule has 0 aromatic heterocycles. The highest BCUT2D eigenvalue weighted by Gasteiger charge is 2.19. The number of benzene rings is 1. The van der Waals surface area contributed by atoms with Crippen LogP contribution in [0.25, 0.3) is 0 Å². The van der Waals surface area contributed by atoms with E-state index in [-0.39, 0.29) is 0 Å². The number of hydrogen-bond acceptors (Lipinski definition) is 1. The SMILES string of the molecule is CC(C)CC1CCc2c(Br)cccc2N1. The van der Waals surface area contributed by atoms with Crippen LogP contribution in [0.2, 0.25) is 0 Å². The molecule has 15 heavy (non-hydrogen) atoms. The van der Waals surface area contributed by atoms with Gasteiger partial charge in [0, 0.05) is 16.2 Å². The largest absolute Gasteiger partial charge is 0.382 e. The van der Waals surface area contributed by atoms with Gasteiger partial charge in [-0.05, 0) is 42.9 Å². The van der Waals surface area contributed by atoms with E-state index in [1.165, 1.54) is 35.0 Å². The van der Waals surface area contributed by atoms with Crippen LogP contribution < -0.4 is 5.32 Å². The summed E-state index contributed by atoms with van der Waals surface area (Å²) in [6.45, 7) is 4.58. The molecule has 1 unspecified atom stereocenters. The molecule has 1 atom stereocenters. The number of fused-ring (bicyclic) bond motifs is 1. The molecule has 1 heterocycles. The van der Waals surface area contributed by atoms with E-state index in [0.29, 0.717) is 6.04 Å². The minimum Gasteiger partial charge on any atom is -0.382 e. The van der Waals surface area contributed by atoms with E-state index in [1.807, 2.05) is 0 Å². The van der Waals surface area contributed by atoms with Crippen molar-refractivity contribution in [3.63, 3.8) is 0 Å². The maximum Gasteiger partial charge on any atom is 0.0386 e. The van der Waals surface area contributed by atoms with Crippen LogP contribution in [0.4, 0.5) is 5.69 Å². The molecule has 0 amide bonds. The van der Waals surface area contributed by atoms with Gasteiger partial charge in [-0.3, -0.25) is 0 Å². The lowest BCUT2D eigenvalue weighted by Crippen LogP contribution is -2.27. The van der Waals surface area contributed by atoms with E-state index in [1.54, 1.807) is 0 Å². The Hall–Kier alpha value is -0.500. The third-order valence-electron chi connectivity index (χ3n) is 2.98. The van der Waals surface area contributed by atoms with Crippen LogP contribution >= 0.6 is 15.9 Å². The van der Waals surface area contributed by atoms with Crippen molar-refractivity contribution in [1.82, 2.24) is 0 Å². The van der Waals surface area contributed by atoms with Crippen LogP contribution in [0.15, 0.2) is 22.7 Å². The van der Waals surface area contributed by atoms with Gasteiger partial charge in [-0.25, -0.2) is 0 Å². The average Bonchev–Trinajstić information content (AvgIpc) is 2.17. The molecule has 1 N–H and O–H groups in total. The third kappa shape index (κ3) is 2.54. The Morgan fingerprint density at radius 2 is 2.27 bits per heavy atom. The molecule has 2 rings (SSSR count). The number of nitrogens with one attached hydrogen (secondary N) is 1. The van der Waals surface area contributed by atoms with Crippen molar-refractivity contribution in [3.8, 4) is 0 Å². The first-order valence-electron chi connectivity index (χ1n) is 5.70. The Morgan fingerprint density at radius 3 is 3.00 bits per heavy atom. The maximum atomic E-state index is 3.64. The van der Waals surface area contributed by atoms with Crippen LogP contribution in [0, 0.1) is 5.92 Å². The molecular weight excluding hydrogens is 250 g/mol. The molecule has 1 aliphatic heterocycles. The second kappa shape index (κ2) is 4.56. The molecule has 0 spiro atoms. The summed E-state index contributed by atoms with van der Waals surface area (Å²) in [4.78, 5) is 0. The normalized spacial score (nSPS) is 19.9. The predicted molar refractivity (Wildman–Crippen MR) is 69.3 cm³/mol. The smallest absolute Gasteiger partial charge is 0.0386 e. The summed E-state index contributed by atoms with van der Waals surface area (Å²) >= 11 is 3.61. The standard InChI is InChI=1S/C13H18BrN/c1-9(2)8-10-6-7-11-12(14)4-3-5-13(11)15-10/h3-5,9-10,15H,6-8H2,1-2H3. The zero-order valence-corrected chi connectivity index (χ0v) is 11.0. The Balaban J connectivity index is 2.13. The van der Waals surface area contributed by atoms with E-state index in [9.17, 15) is 0 Å². The summed E-state index contributed by atoms with van der Waals surface area (Å²) in [5.74, 6) is 0.774. The Morgan fingerprint density at radius 1 is 1.47 bits per heavy atom. The monoisotopic (exact) mass is 267 g/mol. The summed E-state index contributed by atoms with van der Waals surface area (Å²) in [6, 6.07) is 7.08. The lowest BCUT2D eigenvalue weighted by Gasteiger charge is -2.28. The van der Waals surface area contributed by atoms with Gasteiger partial charge in [-0.2, -0.15) is 0 Å². The van der Waals surface area contributed by atoms with E-state index < -0.39 is 0 Å². The van der Waals surface area contributed by atoms with Gasteiger partial charge >= 0.3 is 0 Å². The molecule has 1 aromatic carbocycles. The van der Waals surface area contributed by atoms with E-state index >= 15 is 0 Å². The van der Waals surface area contributed by atoms with Crippen molar-refractivity contribution >= 4 is 21.6 Å². The number of rotatable bonds is 2. The Bertz CT molecular complexity index is 346. The highest BCUT2D eigenvalue weighted by molar-refractivity contribution is 9.10. The minimum absolute atomic E-state index is 0.659. The quantitative estimate of drug-likeness (QED) is 0.846. The Labute approximate surface area is 100 Å². The average molecular weight is 268 g/mol. The van der Waals surface area contributed by atoms with Crippen molar-refractivity contribution in [2.45, 2.75) is 39.2 Å². The number of anilines is 1. The van der Waals surface area contributed by atoms with Gasteiger partial charge in [-0.15, -0.1) is 0 Å². The Kier molecular flexibility index (Phi) is 3.35. The third-order valence-corrected chi connectivity index (χ3v) is 3.72. The first kappa shape index (κ1) is 11.0. The zero-order chi connectivity index (χ0) is 10.8. The van der Waals surface area contributed by atoms with Crippen LogP contribution in [-0.2, 0) is 6.42 Å². The van der Waals surface area contributed by atoms with Crippen molar-refractivity contribution in [2.24, 2.45) is 5.92 Å². The fraction of sp³-hybridized carbons (Fsp3) is 0.538. The first-order valence-corrected chi connectivity index (χ1v) is 6.50. The molecule has 1 aliphatic rings. The molecular formula is C13H18BrN. The fourth-order valence-electron chi connectivity index (χ4n) is 2.30. The summed E-state index contributed by atoms with van der Waals surface area (Å²) in [5.41, 5.74) is 2.76. The molecule has 82 valence electrons.